The summed E-state index contributed by atoms with van der Waals surface area (Å²) in [4.78, 5) is 23.1. The predicted octanol–water partition coefficient (Wildman–Crippen LogP) is 3.10. The maximum Gasteiger partial charge on any atom is 0.272 e. The molecule has 126 valence electrons. The van der Waals surface area contributed by atoms with E-state index in [1.54, 1.807) is 19.4 Å². The van der Waals surface area contributed by atoms with Crippen LogP contribution >= 0.6 is 0 Å². The highest BCUT2D eigenvalue weighted by Crippen LogP contribution is 2.25. The van der Waals surface area contributed by atoms with Gasteiger partial charge in [-0.25, -0.2) is 9.97 Å². The molecule has 1 amide bonds. The van der Waals surface area contributed by atoms with E-state index in [1.165, 1.54) is 6.42 Å². The fourth-order valence-electron chi connectivity index (χ4n) is 2.94. The van der Waals surface area contributed by atoms with Gasteiger partial charge in [0.1, 0.15) is 11.4 Å². The van der Waals surface area contributed by atoms with E-state index < -0.39 is 0 Å². The predicted molar refractivity (Wildman–Crippen MR) is 92.6 cm³/mol. The Morgan fingerprint density at radius 3 is 2.96 bits per heavy atom. The first-order chi connectivity index (χ1) is 11.7. The minimum Gasteiger partial charge on any atom is -0.495 e. The standard InChI is InChI=1S/C18H22N4O2/c1-13-6-5-11-22(12-13)17(23)15-9-10-19-18(21-15)20-14-7-3-4-8-16(14)24-2/h3-4,7-10,13H,5-6,11-12H2,1-2H3,(H,19,20,21). The van der Waals surface area contributed by atoms with Crippen LogP contribution in [0.5, 0.6) is 5.75 Å². The third-order valence-electron chi connectivity index (χ3n) is 4.17. The molecule has 2 aromatic rings. The second-order valence-corrected chi connectivity index (χ2v) is 6.09. The summed E-state index contributed by atoms with van der Waals surface area (Å²) in [6.45, 7) is 3.76. The van der Waals surface area contributed by atoms with Crippen molar-refractivity contribution in [1.29, 1.82) is 0 Å². The zero-order chi connectivity index (χ0) is 16.9. The minimum atomic E-state index is -0.0352. The van der Waals surface area contributed by atoms with E-state index >= 15 is 0 Å². The van der Waals surface area contributed by atoms with E-state index in [1.807, 2.05) is 29.2 Å². The number of para-hydroxylation sites is 2. The molecule has 1 N–H and O–H groups in total. The van der Waals surface area contributed by atoms with Gasteiger partial charge in [-0.2, -0.15) is 0 Å². The Balaban J connectivity index is 1.77. The number of ether oxygens (including phenoxy) is 1. The van der Waals surface area contributed by atoms with E-state index in [-0.39, 0.29) is 5.91 Å². The zero-order valence-corrected chi connectivity index (χ0v) is 14.0. The molecule has 2 heterocycles. The van der Waals surface area contributed by atoms with Gasteiger partial charge in [0.15, 0.2) is 0 Å². The van der Waals surface area contributed by atoms with Crippen LogP contribution in [0.1, 0.15) is 30.3 Å². The lowest BCUT2D eigenvalue weighted by Gasteiger charge is -2.30. The molecule has 6 heteroatoms. The molecule has 0 saturated carbocycles. The second-order valence-electron chi connectivity index (χ2n) is 6.09. The first kappa shape index (κ1) is 16.2. The summed E-state index contributed by atoms with van der Waals surface area (Å²) in [6, 6.07) is 9.18. The molecule has 1 unspecified atom stereocenters. The normalized spacial score (nSPS) is 17.4. The largest absolute Gasteiger partial charge is 0.495 e. The summed E-state index contributed by atoms with van der Waals surface area (Å²) in [5.74, 6) is 1.58. The fraction of sp³-hybridized carbons (Fsp3) is 0.389. The van der Waals surface area contributed by atoms with Crippen LogP contribution in [0.2, 0.25) is 0 Å². The number of carbonyl (C=O) groups is 1. The number of rotatable bonds is 4. The van der Waals surface area contributed by atoms with Crippen molar-refractivity contribution in [2.75, 3.05) is 25.5 Å². The van der Waals surface area contributed by atoms with Gasteiger partial charge in [0.05, 0.1) is 12.8 Å². The number of amides is 1. The Morgan fingerprint density at radius 2 is 2.17 bits per heavy atom. The lowest BCUT2D eigenvalue weighted by atomic mass is 10.00. The summed E-state index contributed by atoms with van der Waals surface area (Å²) in [5, 5.41) is 3.11. The molecule has 0 bridgehead atoms. The quantitative estimate of drug-likeness (QED) is 0.935. The topological polar surface area (TPSA) is 67.3 Å². The number of nitrogens with one attached hydrogen (secondary N) is 1. The highest BCUT2D eigenvalue weighted by atomic mass is 16.5. The number of hydrogen-bond donors (Lipinski definition) is 1. The average molecular weight is 326 g/mol. The van der Waals surface area contributed by atoms with Gasteiger partial charge in [-0.3, -0.25) is 4.79 Å². The van der Waals surface area contributed by atoms with E-state index in [4.69, 9.17) is 4.74 Å². The van der Waals surface area contributed by atoms with Crippen molar-refractivity contribution < 1.29 is 9.53 Å². The number of likely N-dealkylation sites (tertiary alicyclic amines) is 1. The van der Waals surface area contributed by atoms with Crippen molar-refractivity contribution in [1.82, 2.24) is 14.9 Å². The van der Waals surface area contributed by atoms with Gasteiger partial charge in [-0.15, -0.1) is 0 Å². The van der Waals surface area contributed by atoms with Crippen LogP contribution in [0.25, 0.3) is 0 Å². The summed E-state index contributed by atoms with van der Waals surface area (Å²) < 4.78 is 5.31. The van der Waals surface area contributed by atoms with Gasteiger partial charge in [0.25, 0.3) is 5.91 Å². The van der Waals surface area contributed by atoms with Crippen molar-refractivity contribution in [3.63, 3.8) is 0 Å². The van der Waals surface area contributed by atoms with Crippen molar-refractivity contribution in [2.24, 2.45) is 5.92 Å². The lowest BCUT2D eigenvalue weighted by molar-refractivity contribution is 0.0677. The minimum absolute atomic E-state index is 0.0352. The highest BCUT2D eigenvalue weighted by Gasteiger charge is 2.23. The number of hydrogen-bond acceptors (Lipinski definition) is 5. The SMILES string of the molecule is COc1ccccc1Nc1nccc(C(=O)N2CCCC(C)C2)n1. The smallest absolute Gasteiger partial charge is 0.272 e. The molecule has 1 aromatic carbocycles. The summed E-state index contributed by atoms with van der Waals surface area (Å²) in [7, 11) is 1.61. The number of anilines is 2. The molecule has 0 spiro atoms. The molecule has 24 heavy (non-hydrogen) atoms. The molecule has 3 rings (SSSR count). The number of piperidine rings is 1. The fourth-order valence-corrected chi connectivity index (χ4v) is 2.94. The zero-order valence-electron chi connectivity index (χ0n) is 14.0. The van der Waals surface area contributed by atoms with Crippen molar-refractivity contribution in [2.45, 2.75) is 19.8 Å². The van der Waals surface area contributed by atoms with Gasteiger partial charge >= 0.3 is 0 Å². The lowest BCUT2D eigenvalue weighted by Crippen LogP contribution is -2.39. The number of benzene rings is 1. The monoisotopic (exact) mass is 326 g/mol. The van der Waals surface area contributed by atoms with Gasteiger partial charge < -0.3 is 15.0 Å². The Kier molecular flexibility index (Phi) is 4.93. The van der Waals surface area contributed by atoms with Crippen molar-refractivity contribution >= 4 is 17.5 Å². The summed E-state index contributed by atoms with van der Waals surface area (Å²) >= 11 is 0. The maximum atomic E-state index is 12.7. The van der Waals surface area contributed by atoms with Gasteiger partial charge in [0.2, 0.25) is 5.95 Å². The number of nitrogens with zero attached hydrogens (tertiary/aromatic N) is 3. The Labute approximate surface area is 141 Å². The number of methoxy groups -OCH3 is 1. The van der Waals surface area contributed by atoms with Crippen LogP contribution in [0.4, 0.5) is 11.6 Å². The molecule has 1 saturated heterocycles. The molecular formula is C18H22N4O2. The summed E-state index contributed by atoms with van der Waals surface area (Å²) in [5.41, 5.74) is 1.17. The van der Waals surface area contributed by atoms with Crippen LogP contribution in [-0.4, -0.2) is 41.0 Å². The van der Waals surface area contributed by atoms with E-state index in [0.717, 1.165) is 25.2 Å². The van der Waals surface area contributed by atoms with E-state index in [0.29, 0.717) is 23.3 Å². The molecule has 1 aliphatic rings. The van der Waals surface area contributed by atoms with Crippen LogP contribution in [-0.2, 0) is 0 Å². The first-order valence-corrected chi connectivity index (χ1v) is 8.19. The first-order valence-electron chi connectivity index (χ1n) is 8.19. The van der Waals surface area contributed by atoms with Crippen LogP contribution < -0.4 is 10.1 Å². The highest BCUT2D eigenvalue weighted by molar-refractivity contribution is 5.92. The molecule has 1 fully saturated rings. The Bertz CT molecular complexity index is 720. The molecule has 6 nitrogen and oxygen atoms in total. The van der Waals surface area contributed by atoms with E-state index in [9.17, 15) is 4.79 Å². The van der Waals surface area contributed by atoms with Gasteiger partial charge in [0, 0.05) is 19.3 Å². The summed E-state index contributed by atoms with van der Waals surface area (Å²) in [6.07, 6.45) is 3.82. The average Bonchev–Trinajstić information content (AvgIpc) is 2.62. The van der Waals surface area contributed by atoms with Crippen molar-refractivity contribution in [3.05, 3.63) is 42.2 Å². The number of aromatic nitrogens is 2. The Hall–Kier alpha value is -2.63. The van der Waals surface area contributed by atoms with E-state index in [2.05, 4.69) is 22.2 Å². The molecule has 1 atom stereocenters. The van der Waals surface area contributed by atoms with Crippen LogP contribution in [0.15, 0.2) is 36.5 Å². The second kappa shape index (κ2) is 7.29. The molecular weight excluding hydrogens is 304 g/mol. The molecule has 1 aliphatic heterocycles. The van der Waals surface area contributed by atoms with Gasteiger partial charge in [-0.05, 0) is 37.0 Å². The van der Waals surface area contributed by atoms with Gasteiger partial charge in [-0.1, -0.05) is 19.1 Å². The number of carbonyl (C=O) groups excluding carboxylic acids is 1. The Morgan fingerprint density at radius 1 is 1.33 bits per heavy atom. The van der Waals surface area contributed by atoms with Crippen molar-refractivity contribution in [3.8, 4) is 5.75 Å². The third kappa shape index (κ3) is 3.64. The third-order valence-corrected chi connectivity index (χ3v) is 4.17. The molecule has 0 radical (unpaired) electrons. The molecule has 0 aliphatic carbocycles. The van der Waals surface area contributed by atoms with Crippen LogP contribution in [0, 0.1) is 5.92 Å². The molecule has 1 aromatic heterocycles. The maximum absolute atomic E-state index is 12.7. The van der Waals surface area contributed by atoms with Crippen LogP contribution in [0.3, 0.4) is 0 Å².